The molecule has 22 heavy (non-hydrogen) atoms. The lowest BCUT2D eigenvalue weighted by Crippen LogP contribution is -2.30. The van der Waals surface area contributed by atoms with Crippen molar-refractivity contribution in [2.24, 2.45) is 11.7 Å². The van der Waals surface area contributed by atoms with Crippen LogP contribution in [0.5, 0.6) is 0 Å². The largest absolute Gasteiger partial charge is 0.336 e. The first kappa shape index (κ1) is 18.5. The summed E-state index contributed by atoms with van der Waals surface area (Å²) < 4.78 is 0. The van der Waals surface area contributed by atoms with E-state index in [1.807, 2.05) is 29.2 Å². The van der Waals surface area contributed by atoms with Gasteiger partial charge in [-0.15, -0.1) is 12.4 Å². The number of anilines is 1. The van der Waals surface area contributed by atoms with Gasteiger partial charge in [0.1, 0.15) is 0 Å². The number of nitrogens with zero attached hydrogens (tertiary/aromatic N) is 1. The van der Waals surface area contributed by atoms with Crippen molar-refractivity contribution in [2.45, 2.75) is 39.3 Å². The number of hydrogen-bond acceptors (Lipinski definition) is 3. The summed E-state index contributed by atoms with van der Waals surface area (Å²) in [5, 5.41) is 2.83. The van der Waals surface area contributed by atoms with Crippen LogP contribution < -0.4 is 11.1 Å². The third-order valence-electron chi connectivity index (χ3n) is 3.77. The molecule has 0 aromatic heterocycles. The number of rotatable bonds is 6. The summed E-state index contributed by atoms with van der Waals surface area (Å²) in [6, 6.07) is 8.03. The molecule has 1 fully saturated rings. The van der Waals surface area contributed by atoms with E-state index in [0.29, 0.717) is 19.1 Å². The number of halogens is 1. The van der Waals surface area contributed by atoms with Gasteiger partial charge >= 0.3 is 0 Å². The zero-order chi connectivity index (χ0) is 15.4. The number of carbonyl (C=O) groups is 2. The number of nitrogens with one attached hydrogen (secondary N) is 1. The molecule has 2 rings (SSSR count). The van der Waals surface area contributed by atoms with Gasteiger partial charge in [-0.05, 0) is 30.5 Å². The van der Waals surface area contributed by atoms with Gasteiger partial charge in [-0.3, -0.25) is 9.59 Å². The molecule has 2 amide bonds. The second-order valence-electron chi connectivity index (χ2n) is 5.70. The van der Waals surface area contributed by atoms with E-state index in [-0.39, 0.29) is 30.1 Å². The molecule has 0 bridgehead atoms. The minimum absolute atomic E-state index is 0. The third kappa shape index (κ3) is 5.00. The van der Waals surface area contributed by atoms with Gasteiger partial charge in [0.05, 0.1) is 0 Å². The van der Waals surface area contributed by atoms with Gasteiger partial charge in [0.15, 0.2) is 0 Å². The maximum absolute atomic E-state index is 11.7. The molecule has 1 aromatic rings. The van der Waals surface area contributed by atoms with Crippen LogP contribution in [0.4, 0.5) is 5.69 Å². The molecule has 1 aromatic carbocycles. The van der Waals surface area contributed by atoms with Gasteiger partial charge in [0.2, 0.25) is 11.8 Å². The Morgan fingerprint density at radius 2 is 1.91 bits per heavy atom. The molecule has 3 N–H and O–H groups in total. The summed E-state index contributed by atoms with van der Waals surface area (Å²) in [7, 11) is 0. The minimum Gasteiger partial charge on any atom is -0.336 e. The van der Waals surface area contributed by atoms with Crippen molar-refractivity contribution in [2.75, 3.05) is 11.9 Å². The van der Waals surface area contributed by atoms with Crippen molar-refractivity contribution in [1.82, 2.24) is 4.90 Å². The monoisotopic (exact) mass is 325 g/mol. The minimum atomic E-state index is -0.201. The number of amides is 2. The first-order valence-electron chi connectivity index (χ1n) is 7.38. The van der Waals surface area contributed by atoms with Gasteiger partial charge in [-0.1, -0.05) is 19.1 Å². The normalized spacial score (nSPS) is 14.7. The molecule has 5 nitrogen and oxygen atoms in total. The van der Waals surface area contributed by atoms with E-state index in [1.165, 1.54) is 0 Å². The molecule has 1 aliphatic rings. The van der Waals surface area contributed by atoms with Crippen LogP contribution in [-0.2, 0) is 16.1 Å². The predicted molar refractivity (Wildman–Crippen MR) is 89.8 cm³/mol. The molecule has 0 spiro atoms. The van der Waals surface area contributed by atoms with Crippen molar-refractivity contribution >= 4 is 29.9 Å². The fraction of sp³-hybridized carbons (Fsp3) is 0.500. The summed E-state index contributed by atoms with van der Waals surface area (Å²) in [6.07, 6.45) is 2.20. The topological polar surface area (TPSA) is 75.4 Å². The Hall–Kier alpha value is -1.59. The van der Waals surface area contributed by atoms with E-state index >= 15 is 0 Å². The highest BCUT2D eigenvalue weighted by atomic mass is 35.5. The van der Waals surface area contributed by atoms with Crippen molar-refractivity contribution in [3.8, 4) is 0 Å². The van der Waals surface area contributed by atoms with E-state index in [9.17, 15) is 9.59 Å². The highest BCUT2D eigenvalue weighted by molar-refractivity contribution is 5.92. The summed E-state index contributed by atoms with van der Waals surface area (Å²) in [6.45, 7) is 4.37. The molecule has 0 aliphatic heterocycles. The molecule has 1 atom stereocenters. The third-order valence-corrected chi connectivity index (χ3v) is 3.77. The van der Waals surface area contributed by atoms with E-state index in [1.54, 1.807) is 13.8 Å². The number of nitrogens with two attached hydrogens (primary N) is 1. The van der Waals surface area contributed by atoms with Gasteiger partial charge < -0.3 is 16.0 Å². The van der Waals surface area contributed by atoms with Crippen LogP contribution in [0.1, 0.15) is 32.3 Å². The fourth-order valence-corrected chi connectivity index (χ4v) is 2.15. The summed E-state index contributed by atoms with van der Waals surface area (Å²) in [5.41, 5.74) is 7.30. The van der Waals surface area contributed by atoms with Crippen LogP contribution >= 0.6 is 12.4 Å². The number of hydrogen-bond donors (Lipinski definition) is 2. The van der Waals surface area contributed by atoms with E-state index in [0.717, 1.165) is 24.1 Å². The van der Waals surface area contributed by atoms with Gasteiger partial charge in [-0.2, -0.15) is 0 Å². The van der Waals surface area contributed by atoms with Gasteiger partial charge in [0, 0.05) is 37.7 Å². The SMILES string of the molecule is CC(=O)N(Cc1ccc(NC(=O)C(C)CN)cc1)C1CC1.Cl. The summed E-state index contributed by atoms with van der Waals surface area (Å²) >= 11 is 0. The standard InChI is InChI=1S/C16H23N3O2.ClH/c1-11(9-17)16(21)18-14-5-3-13(4-6-14)10-19(12(2)20)15-7-8-15;/h3-6,11,15H,7-10,17H2,1-2H3,(H,18,21);1H. The summed E-state index contributed by atoms with van der Waals surface area (Å²) in [5.74, 6) is -0.159. The maximum Gasteiger partial charge on any atom is 0.228 e. The van der Waals surface area contributed by atoms with Crippen LogP contribution in [-0.4, -0.2) is 29.3 Å². The smallest absolute Gasteiger partial charge is 0.228 e. The van der Waals surface area contributed by atoms with Crippen LogP contribution in [0, 0.1) is 5.92 Å². The maximum atomic E-state index is 11.7. The van der Waals surface area contributed by atoms with Gasteiger partial charge in [0.25, 0.3) is 0 Å². The average Bonchev–Trinajstić information content (AvgIpc) is 3.29. The zero-order valence-corrected chi connectivity index (χ0v) is 13.9. The quantitative estimate of drug-likeness (QED) is 0.841. The molecular formula is C16H24ClN3O2. The van der Waals surface area contributed by atoms with Crippen molar-refractivity contribution in [1.29, 1.82) is 0 Å². The van der Waals surface area contributed by atoms with Crippen LogP contribution in [0.2, 0.25) is 0 Å². The lowest BCUT2D eigenvalue weighted by molar-refractivity contribution is -0.130. The van der Waals surface area contributed by atoms with E-state index in [2.05, 4.69) is 5.32 Å². The molecule has 6 heteroatoms. The Balaban J connectivity index is 0.00000242. The zero-order valence-electron chi connectivity index (χ0n) is 13.0. The summed E-state index contributed by atoms with van der Waals surface area (Å²) in [4.78, 5) is 25.3. The van der Waals surface area contributed by atoms with Gasteiger partial charge in [-0.25, -0.2) is 0 Å². The molecule has 1 saturated carbocycles. The predicted octanol–water partition coefficient (Wildman–Crippen LogP) is 2.15. The molecule has 0 heterocycles. The first-order chi connectivity index (χ1) is 10.0. The highest BCUT2D eigenvalue weighted by Gasteiger charge is 2.30. The first-order valence-corrected chi connectivity index (χ1v) is 7.38. The van der Waals surface area contributed by atoms with Crippen LogP contribution in [0.3, 0.4) is 0 Å². The van der Waals surface area contributed by atoms with E-state index < -0.39 is 0 Å². The Bertz CT molecular complexity index is 515. The van der Waals surface area contributed by atoms with Crippen molar-refractivity contribution in [3.05, 3.63) is 29.8 Å². The Morgan fingerprint density at radius 3 is 2.36 bits per heavy atom. The molecule has 1 unspecified atom stereocenters. The number of carbonyl (C=O) groups excluding carboxylic acids is 2. The lowest BCUT2D eigenvalue weighted by Gasteiger charge is -2.20. The second kappa shape index (κ2) is 8.15. The second-order valence-corrected chi connectivity index (χ2v) is 5.70. The molecular weight excluding hydrogens is 302 g/mol. The van der Waals surface area contributed by atoms with Crippen molar-refractivity contribution < 1.29 is 9.59 Å². The molecule has 0 saturated heterocycles. The van der Waals surface area contributed by atoms with Crippen LogP contribution in [0.25, 0.3) is 0 Å². The highest BCUT2D eigenvalue weighted by Crippen LogP contribution is 2.28. The lowest BCUT2D eigenvalue weighted by atomic mass is 10.1. The average molecular weight is 326 g/mol. The molecule has 122 valence electrons. The Labute approximate surface area is 137 Å². The van der Waals surface area contributed by atoms with Crippen molar-refractivity contribution in [3.63, 3.8) is 0 Å². The van der Waals surface area contributed by atoms with E-state index in [4.69, 9.17) is 5.73 Å². The number of benzene rings is 1. The molecule has 1 aliphatic carbocycles. The molecule has 0 radical (unpaired) electrons. The Morgan fingerprint density at radius 1 is 1.32 bits per heavy atom. The van der Waals surface area contributed by atoms with Crippen LogP contribution in [0.15, 0.2) is 24.3 Å². The Kier molecular flexibility index (Phi) is 6.84. The fourth-order valence-electron chi connectivity index (χ4n) is 2.15.